The summed E-state index contributed by atoms with van der Waals surface area (Å²) < 4.78 is 10.0. The van der Waals surface area contributed by atoms with E-state index in [4.69, 9.17) is 14.6 Å². The minimum Gasteiger partial charge on any atom is -0.479 e. The van der Waals surface area contributed by atoms with E-state index < -0.39 is 42.6 Å². The molecule has 1 aliphatic heterocycles. The molecular weight excluding hydrogens is 308 g/mol. The molecule has 2 rings (SSSR count). The third-order valence-corrected chi connectivity index (χ3v) is 4.80. The van der Waals surface area contributed by atoms with Crippen molar-refractivity contribution in [3.63, 3.8) is 0 Å². The molecule has 0 aromatic heterocycles. The van der Waals surface area contributed by atoms with Crippen LogP contribution in [-0.2, 0) is 19.1 Å². The second kappa shape index (κ2) is 7.57. The van der Waals surface area contributed by atoms with Crippen LogP contribution >= 0.6 is 0 Å². The molecule has 8 nitrogen and oxygen atoms in total. The van der Waals surface area contributed by atoms with Gasteiger partial charge in [0.1, 0.15) is 18.3 Å². The fourth-order valence-corrected chi connectivity index (χ4v) is 3.17. The van der Waals surface area contributed by atoms with E-state index >= 15 is 0 Å². The summed E-state index contributed by atoms with van der Waals surface area (Å²) in [5, 5.41) is 38.1. The quantitative estimate of drug-likeness (QED) is 0.513. The number of carbonyl (C=O) groups is 2. The molecule has 8 heteroatoms. The minimum absolute atomic E-state index is 0.319. The average molecular weight is 332 g/mol. The predicted molar refractivity (Wildman–Crippen MR) is 76.1 cm³/mol. The first-order valence-corrected chi connectivity index (χ1v) is 7.98. The summed E-state index contributed by atoms with van der Waals surface area (Å²) in [6, 6.07) is 0. The van der Waals surface area contributed by atoms with E-state index in [9.17, 15) is 24.9 Å². The van der Waals surface area contributed by atoms with E-state index in [1.54, 1.807) is 0 Å². The van der Waals surface area contributed by atoms with Gasteiger partial charge in [0.2, 0.25) is 6.29 Å². The molecule has 1 unspecified atom stereocenters. The first kappa shape index (κ1) is 18.1. The fourth-order valence-electron chi connectivity index (χ4n) is 3.17. The van der Waals surface area contributed by atoms with Crippen molar-refractivity contribution in [1.29, 1.82) is 0 Å². The van der Waals surface area contributed by atoms with Gasteiger partial charge in [0, 0.05) is 0 Å². The lowest BCUT2D eigenvalue weighted by molar-refractivity contribution is -0.287. The van der Waals surface area contributed by atoms with Crippen molar-refractivity contribution in [3.8, 4) is 0 Å². The average Bonchev–Trinajstić information content (AvgIpc) is 2.55. The number of hydrogen-bond acceptors (Lipinski definition) is 7. The van der Waals surface area contributed by atoms with Crippen molar-refractivity contribution in [3.05, 3.63) is 0 Å². The van der Waals surface area contributed by atoms with E-state index in [2.05, 4.69) is 6.92 Å². The Morgan fingerprint density at radius 2 is 1.65 bits per heavy atom. The van der Waals surface area contributed by atoms with Crippen LogP contribution in [0.25, 0.3) is 0 Å². The molecule has 5 atom stereocenters. The van der Waals surface area contributed by atoms with E-state index in [0.29, 0.717) is 18.8 Å². The van der Waals surface area contributed by atoms with E-state index in [-0.39, 0.29) is 5.92 Å². The Bertz CT molecular complexity index is 431. The van der Waals surface area contributed by atoms with Gasteiger partial charge in [-0.15, -0.1) is 0 Å². The van der Waals surface area contributed by atoms with Crippen LogP contribution < -0.4 is 0 Å². The van der Waals surface area contributed by atoms with Crippen LogP contribution in [0.15, 0.2) is 0 Å². The number of aliphatic hydroxyl groups is 3. The molecule has 2 fully saturated rings. The summed E-state index contributed by atoms with van der Waals surface area (Å²) >= 11 is 0. The second-order valence-corrected chi connectivity index (χ2v) is 6.30. The predicted octanol–water partition coefficient (Wildman–Crippen LogP) is -0.362. The lowest BCUT2D eigenvalue weighted by atomic mass is 9.81. The summed E-state index contributed by atoms with van der Waals surface area (Å²) in [5.74, 6) is -1.80. The Labute approximate surface area is 134 Å². The Morgan fingerprint density at radius 1 is 1.04 bits per heavy atom. The highest BCUT2D eigenvalue weighted by molar-refractivity contribution is 5.74. The SMILES string of the molecule is CCC1CCC(C(=O)OC2O[C@H](C(=O)O)[C@@H](O)[C@H](O)[C@H]2O)CC1. The van der Waals surface area contributed by atoms with Crippen LogP contribution in [0.5, 0.6) is 0 Å². The molecule has 1 aliphatic carbocycles. The largest absolute Gasteiger partial charge is 0.479 e. The maximum atomic E-state index is 12.2. The maximum absolute atomic E-state index is 12.2. The molecule has 0 bridgehead atoms. The Kier molecular flexibility index (Phi) is 5.96. The van der Waals surface area contributed by atoms with E-state index in [1.807, 2.05) is 0 Å². The standard InChI is InChI=1S/C15H24O8/c1-2-7-3-5-8(6-4-7)14(21)23-15-11(18)9(16)10(17)12(22-15)13(19)20/h7-12,15-18H,2-6H2,1H3,(H,19,20)/t7?,8?,9-,10-,11+,12-,15?/m0/s1. The van der Waals surface area contributed by atoms with Gasteiger partial charge in [-0.1, -0.05) is 13.3 Å². The summed E-state index contributed by atoms with van der Waals surface area (Å²) in [6.45, 7) is 2.11. The van der Waals surface area contributed by atoms with Gasteiger partial charge in [-0.05, 0) is 31.6 Å². The normalized spacial score (nSPS) is 41.3. The van der Waals surface area contributed by atoms with Gasteiger partial charge in [0.25, 0.3) is 0 Å². The monoisotopic (exact) mass is 332 g/mol. The molecule has 2 aliphatic rings. The molecule has 23 heavy (non-hydrogen) atoms. The number of esters is 1. The number of carbonyl (C=O) groups excluding carboxylic acids is 1. The molecule has 1 saturated carbocycles. The first-order chi connectivity index (χ1) is 10.8. The third-order valence-electron chi connectivity index (χ3n) is 4.80. The molecular formula is C15H24O8. The molecule has 0 radical (unpaired) electrons. The lowest BCUT2D eigenvalue weighted by Gasteiger charge is -2.38. The molecule has 0 aromatic rings. The number of hydrogen-bond donors (Lipinski definition) is 4. The van der Waals surface area contributed by atoms with Gasteiger partial charge in [0.05, 0.1) is 5.92 Å². The van der Waals surface area contributed by atoms with Crippen molar-refractivity contribution in [2.75, 3.05) is 0 Å². The number of carboxylic acid groups (broad SMARTS) is 1. The summed E-state index contributed by atoms with van der Waals surface area (Å²) in [5.41, 5.74) is 0. The fraction of sp³-hybridized carbons (Fsp3) is 0.867. The van der Waals surface area contributed by atoms with Crippen molar-refractivity contribution in [1.82, 2.24) is 0 Å². The number of rotatable bonds is 4. The van der Waals surface area contributed by atoms with E-state index in [1.165, 1.54) is 0 Å². The summed E-state index contributed by atoms with van der Waals surface area (Å²) in [7, 11) is 0. The van der Waals surface area contributed by atoms with Crippen molar-refractivity contribution < 1.29 is 39.5 Å². The first-order valence-electron chi connectivity index (χ1n) is 7.98. The molecule has 1 heterocycles. The van der Waals surface area contributed by atoms with Gasteiger partial charge in [0.15, 0.2) is 6.10 Å². The Hall–Kier alpha value is -1.22. The lowest BCUT2D eigenvalue weighted by Crippen LogP contribution is -2.60. The molecule has 0 aromatic carbocycles. The molecule has 132 valence electrons. The highest BCUT2D eigenvalue weighted by atomic mass is 16.7. The number of ether oxygens (including phenoxy) is 2. The summed E-state index contributed by atoms with van der Waals surface area (Å²) in [6.07, 6.45) is -4.37. The molecule has 0 amide bonds. The van der Waals surface area contributed by atoms with Gasteiger partial charge in [-0.2, -0.15) is 0 Å². The zero-order chi connectivity index (χ0) is 17.1. The topological polar surface area (TPSA) is 134 Å². The zero-order valence-electron chi connectivity index (χ0n) is 13.0. The minimum atomic E-state index is -1.79. The van der Waals surface area contributed by atoms with Crippen molar-refractivity contribution in [2.45, 2.75) is 69.7 Å². The zero-order valence-corrected chi connectivity index (χ0v) is 13.0. The molecule has 1 saturated heterocycles. The number of carboxylic acids is 1. The molecule has 0 spiro atoms. The van der Waals surface area contributed by atoms with Gasteiger partial charge >= 0.3 is 11.9 Å². The third kappa shape index (κ3) is 4.00. The van der Waals surface area contributed by atoms with Crippen molar-refractivity contribution >= 4 is 11.9 Å². The summed E-state index contributed by atoms with van der Waals surface area (Å²) in [4.78, 5) is 23.2. The maximum Gasteiger partial charge on any atom is 0.335 e. The van der Waals surface area contributed by atoms with Gasteiger partial charge in [-0.3, -0.25) is 4.79 Å². The van der Waals surface area contributed by atoms with Crippen LogP contribution in [-0.4, -0.2) is 63.1 Å². The van der Waals surface area contributed by atoms with Crippen LogP contribution in [0.2, 0.25) is 0 Å². The van der Waals surface area contributed by atoms with E-state index in [0.717, 1.165) is 19.3 Å². The number of aliphatic hydroxyl groups excluding tert-OH is 3. The van der Waals surface area contributed by atoms with Crippen LogP contribution in [0.3, 0.4) is 0 Å². The van der Waals surface area contributed by atoms with Crippen LogP contribution in [0.1, 0.15) is 39.0 Å². The van der Waals surface area contributed by atoms with Gasteiger partial charge in [-0.25, -0.2) is 4.79 Å². The highest BCUT2D eigenvalue weighted by Gasteiger charge is 2.49. The smallest absolute Gasteiger partial charge is 0.335 e. The van der Waals surface area contributed by atoms with Crippen LogP contribution in [0.4, 0.5) is 0 Å². The highest BCUT2D eigenvalue weighted by Crippen LogP contribution is 2.32. The van der Waals surface area contributed by atoms with Crippen LogP contribution in [0, 0.1) is 11.8 Å². The molecule has 4 N–H and O–H groups in total. The Balaban J connectivity index is 1.95. The Morgan fingerprint density at radius 3 is 2.17 bits per heavy atom. The van der Waals surface area contributed by atoms with Crippen molar-refractivity contribution in [2.24, 2.45) is 11.8 Å². The number of aliphatic carboxylic acids is 1. The second-order valence-electron chi connectivity index (χ2n) is 6.30. The van der Waals surface area contributed by atoms with Gasteiger partial charge < -0.3 is 29.9 Å².